The molecule has 0 atom stereocenters. The van der Waals surface area contributed by atoms with Crippen LogP contribution in [-0.4, -0.2) is 20.5 Å². The standard InChI is InChI=1S/C12H19IN2O2S/c1-3-12(4-2,9-14)15-18(16,17)11-7-5-6-10(13)8-11/h5-8,15H,3-4,9,14H2,1-2H3. The Morgan fingerprint density at radius 3 is 2.39 bits per heavy atom. The lowest BCUT2D eigenvalue weighted by atomic mass is 9.95. The average molecular weight is 382 g/mol. The van der Waals surface area contributed by atoms with Gasteiger partial charge in [-0.1, -0.05) is 19.9 Å². The van der Waals surface area contributed by atoms with Crippen molar-refractivity contribution in [1.29, 1.82) is 0 Å². The molecule has 1 aromatic rings. The average Bonchev–Trinajstić information content (AvgIpc) is 2.36. The summed E-state index contributed by atoms with van der Waals surface area (Å²) >= 11 is 2.09. The molecular weight excluding hydrogens is 363 g/mol. The zero-order valence-electron chi connectivity index (χ0n) is 10.6. The van der Waals surface area contributed by atoms with Crippen molar-refractivity contribution in [3.8, 4) is 0 Å². The molecule has 0 aromatic heterocycles. The summed E-state index contributed by atoms with van der Waals surface area (Å²) in [5.74, 6) is 0. The summed E-state index contributed by atoms with van der Waals surface area (Å²) in [7, 11) is -3.51. The van der Waals surface area contributed by atoms with Crippen molar-refractivity contribution in [1.82, 2.24) is 4.72 Å². The molecular formula is C12H19IN2O2S. The van der Waals surface area contributed by atoms with Gasteiger partial charge in [0, 0.05) is 15.7 Å². The Kier molecular flexibility index (Phi) is 5.57. The zero-order valence-corrected chi connectivity index (χ0v) is 13.6. The maximum atomic E-state index is 12.3. The molecule has 1 aromatic carbocycles. The van der Waals surface area contributed by atoms with Crippen LogP contribution in [0.15, 0.2) is 29.2 Å². The van der Waals surface area contributed by atoms with Crippen LogP contribution in [0.2, 0.25) is 0 Å². The Labute approximate surface area is 123 Å². The van der Waals surface area contributed by atoms with E-state index in [1.54, 1.807) is 18.2 Å². The molecule has 0 amide bonds. The largest absolute Gasteiger partial charge is 0.329 e. The van der Waals surface area contributed by atoms with E-state index in [2.05, 4.69) is 27.3 Å². The van der Waals surface area contributed by atoms with Gasteiger partial charge in [-0.15, -0.1) is 0 Å². The van der Waals surface area contributed by atoms with Gasteiger partial charge in [0.05, 0.1) is 4.90 Å². The van der Waals surface area contributed by atoms with Crippen LogP contribution >= 0.6 is 22.6 Å². The van der Waals surface area contributed by atoms with Crippen molar-refractivity contribution in [3.05, 3.63) is 27.8 Å². The highest BCUT2D eigenvalue weighted by atomic mass is 127. The molecule has 0 aliphatic rings. The Morgan fingerprint density at radius 1 is 1.33 bits per heavy atom. The quantitative estimate of drug-likeness (QED) is 0.741. The summed E-state index contributed by atoms with van der Waals surface area (Å²) in [4.78, 5) is 0.286. The van der Waals surface area contributed by atoms with Crippen LogP contribution < -0.4 is 10.5 Å². The number of sulfonamides is 1. The van der Waals surface area contributed by atoms with E-state index in [4.69, 9.17) is 5.73 Å². The first-order chi connectivity index (χ1) is 8.39. The summed E-state index contributed by atoms with van der Waals surface area (Å²) in [6, 6.07) is 6.83. The lowest BCUT2D eigenvalue weighted by molar-refractivity contribution is 0.363. The van der Waals surface area contributed by atoms with E-state index in [-0.39, 0.29) is 4.90 Å². The zero-order chi connectivity index (χ0) is 13.8. The van der Waals surface area contributed by atoms with E-state index in [0.29, 0.717) is 19.4 Å². The van der Waals surface area contributed by atoms with E-state index in [0.717, 1.165) is 3.57 Å². The molecule has 18 heavy (non-hydrogen) atoms. The van der Waals surface area contributed by atoms with Gasteiger partial charge in [0.15, 0.2) is 0 Å². The van der Waals surface area contributed by atoms with Gasteiger partial charge in [0.2, 0.25) is 10.0 Å². The van der Waals surface area contributed by atoms with Gasteiger partial charge in [-0.25, -0.2) is 13.1 Å². The first kappa shape index (κ1) is 15.9. The number of benzene rings is 1. The summed E-state index contributed by atoms with van der Waals surface area (Å²) in [5, 5.41) is 0. The molecule has 0 unspecified atom stereocenters. The van der Waals surface area contributed by atoms with Crippen LogP contribution in [0, 0.1) is 3.57 Å². The molecule has 0 fully saturated rings. The smallest absolute Gasteiger partial charge is 0.241 e. The maximum Gasteiger partial charge on any atom is 0.241 e. The van der Waals surface area contributed by atoms with Crippen LogP contribution in [0.4, 0.5) is 0 Å². The van der Waals surface area contributed by atoms with Crippen molar-refractivity contribution in [2.24, 2.45) is 5.73 Å². The van der Waals surface area contributed by atoms with Crippen LogP contribution in [0.3, 0.4) is 0 Å². The molecule has 0 saturated carbocycles. The molecule has 4 nitrogen and oxygen atoms in total. The Balaban J connectivity index is 3.08. The number of rotatable bonds is 6. The fraction of sp³-hybridized carbons (Fsp3) is 0.500. The fourth-order valence-corrected chi connectivity index (χ4v) is 4.06. The van der Waals surface area contributed by atoms with E-state index >= 15 is 0 Å². The Bertz CT molecular complexity index is 490. The minimum atomic E-state index is -3.51. The number of nitrogens with two attached hydrogens (primary N) is 1. The minimum absolute atomic E-state index is 0.286. The summed E-state index contributed by atoms with van der Waals surface area (Å²) in [6.07, 6.45) is 1.34. The van der Waals surface area contributed by atoms with Gasteiger partial charge in [-0.2, -0.15) is 0 Å². The number of nitrogens with one attached hydrogen (secondary N) is 1. The molecule has 0 heterocycles. The van der Waals surface area contributed by atoms with Gasteiger partial charge in [0.1, 0.15) is 0 Å². The van der Waals surface area contributed by atoms with Gasteiger partial charge in [-0.3, -0.25) is 0 Å². The second kappa shape index (κ2) is 6.31. The normalized spacial score (nSPS) is 12.7. The second-order valence-electron chi connectivity index (χ2n) is 4.25. The topological polar surface area (TPSA) is 72.2 Å². The molecule has 0 saturated heterocycles. The third-order valence-corrected chi connectivity index (χ3v) is 5.45. The Morgan fingerprint density at radius 2 is 1.94 bits per heavy atom. The highest BCUT2D eigenvalue weighted by Crippen LogP contribution is 2.19. The summed E-state index contributed by atoms with van der Waals surface area (Å²) in [6.45, 7) is 4.17. The fourth-order valence-electron chi connectivity index (χ4n) is 1.70. The van der Waals surface area contributed by atoms with Gasteiger partial charge in [0.25, 0.3) is 0 Å². The molecule has 0 bridgehead atoms. The van der Waals surface area contributed by atoms with E-state index in [9.17, 15) is 8.42 Å². The molecule has 1 rings (SSSR count). The number of hydrogen-bond donors (Lipinski definition) is 2. The first-order valence-electron chi connectivity index (χ1n) is 5.89. The molecule has 3 N–H and O–H groups in total. The minimum Gasteiger partial charge on any atom is -0.329 e. The molecule has 0 aliphatic carbocycles. The molecule has 0 spiro atoms. The third kappa shape index (κ3) is 3.66. The Hall–Kier alpha value is -0.180. The lowest BCUT2D eigenvalue weighted by Crippen LogP contribution is -2.52. The van der Waals surface area contributed by atoms with E-state index in [1.807, 2.05) is 19.9 Å². The van der Waals surface area contributed by atoms with Crippen LogP contribution in [0.1, 0.15) is 26.7 Å². The lowest BCUT2D eigenvalue weighted by Gasteiger charge is -2.31. The van der Waals surface area contributed by atoms with Gasteiger partial charge < -0.3 is 5.73 Å². The van der Waals surface area contributed by atoms with Crippen molar-refractivity contribution < 1.29 is 8.42 Å². The van der Waals surface area contributed by atoms with Gasteiger partial charge >= 0.3 is 0 Å². The van der Waals surface area contributed by atoms with Crippen molar-refractivity contribution >= 4 is 32.6 Å². The maximum absolute atomic E-state index is 12.3. The predicted molar refractivity (Wildman–Crippen MR) is 81.8 cm³/mol. The molecule has 102 valence electrons. The SMILES string of the molecule is CCC(CC)(CN)NS(=O)(=O)c1cccc(I)c1. The molecule has 6 heteroatoms. The summed E-state index contributed by atoms with van der Waals surface area (Å²) in [5.41, 5.74) is 5.16. The predicted octanol–water partition coefficient (Wildman–Crippen LogP) is 2.09. The van der Waals surface area contributed by atoms with Crippen LogP contribution in [0.5, 0.6) is 0 Å². The van der Waals surface area contributed by atoms with Crippen molar-refractivity contribution in [3.63, 3.8) is 0 Å². The van der Waals surface area contributed by atoms with Crippen LogP contribution in [-0.2, 0) is 10.0 Å². The monoisotopic (exact) mass is 382 g/mol. The number of hydrogen-bond acceptors (Lipinski definition) is 3. The number of halogens is 1. The van der Waals surface area contributed by atoms with E-state index in [1.165, 1.54) is 0 Å². The highest BCUT2D eigenvalue weighted by molar-refractivity contribution is 14.1. The highest BCUT2D eigenvalue weighted by Gasteiger charge is 2.30. The van der Waals surface area contributed by atoms with Gasteiger partial charge in [-0.05, 0) is 53.6 Å². The molecule has 0 aliphatic heterocycles. The summed E-state index contributed by atoms with van der Waals surface area (Å²) < 4.78 is 28.2. The van der Waals surface area contributed by atoms with Crippen LogP contribution in [0.25, 0.3) is 0 Å². The second-order valence-corrected chi connectivity index (χ2v) is 7.18. The molecule has 0 radical (unpaired) electrons. The van der Waals surface area contributed by atoms with E-state index < -0.39 is 15.6 Å². The van der Waals surface area contributed by atoms with Crippen molar-refractivity contribution in [2.45, 2.75) is 37.1 Å². The third-order valence-electron chi connectivity index (χ3n) is 3.20. The first-order valence-corrected chi connectivity index (χ1v) is 8.45. The van der Waals surface area contributed by atoms with Crippen molar-refractivity contribution in [2.75, 3.05) is 6.54 Å².